The first kappa shape index (κ1) is 18.6. The lowest BCUT2D eigenvalue weighted by Gasteiger charge is -2.06. The molecule has 1 aromatic heterocycles. The molecule has 2 rings (SSSR count). The lowest BCUT2D eigenvalue weighted by molar-refractivity contribution is -0.384. The van der Waals surface area contributed by atoms with Gasteiger partial charge in [-0.1, -0.05) is 23.9 Å². The van der Waals surface area contributed by atoms with E-state index in [1.54, 1.807) is 18.3 Å². The van der Waals surface area contributed by atoms with Crippen molar-refractivity contribution in [1.29, 1.82) is 0 Å². The van der Waals surface area contributed by atoms with Gasteiger partial charge in [0.2, 0.25) is 0 Å². The highest BCUT2D eigenvalue weighted by Crippen LogP contribution is 2.30. The van der Waals surface area contributed by atoms with E-state index in [0.717, 1.165) is 9.92 Å². The zero-order valence-electron chi connectivity index (χ0n) is 13.1. The van der Waals surface area contributed by atoms with Crippen LogP contribution in [0.25, 0.3) is 0 Å². The number of rotatable bonds is 7. The largest absolute Gasteiger partial charge is 0.358 e. The van der Waals surface area contributed by atoms with E-state index in [0.29, 0.717) is 17.2 Å². The summed E-state index contributed by atoms with van der Waals surface area (Å²) in [6.45, 7) is 4.09. The van der Waals surface area contributed by atoms with Gasteiger partial charge in [-0.2, -0.15) is 5.10 Å². The van der Waals surface area contributed by atoms with Gasteiger partial charge in [-0.25, -0.2) is 4.98 Å². The average Bonchev–Trinajstić information content (AvgIpc) is 2.62. The minimum atomic E-state index is -0.448. The molecule has 0 aliphatic rings. The van der Waals surface area contributed by atoms with Crippen molar-refractivity contribution in [1.82, 2.24) is 15.7 Å². The number of thiocarbonyl (C=S) groups is 1. The van der Waals surface area contributed by atoms with Gasteiger partial charge < -0.3 is 5.32 Å². The van der Waals surface area contributed by atoms with Crippen molar-refractivity contribution in [3.63, 3.8) is 0 Å². The van der Waals surface area contributed by atoms with Crippen LogP contribution in [0.3, 0.4) is 0 Å². The minimum Gasteiger partial charge on any atom is -0.358 e. The highest BCUT2D eigenvalue weighted by Gasteiger charge is 2.11. The van der Waals surface area contributed by atoms with Crippen LogP contribution in [-0.4, -0.2) is 27.8 Å². The fraction of sp³-hybridized carbons (Fsp3) is 0.0625. The predicted molar refractivity (Wildman–Crippen MR) is 103 cm³/mol. The number of aromatic nitrogens is 1. The van der Waals surface area contributed by atoms with Crippen molar-refractivity contribution in [2.75, 3.05) is 6.54 Å². The number of non-ortho nitro benzene ring substituents is 1. The highest BCUT2D eigenvalue weighted by atomic mass is 32.2. The first-order valence-electron chi connectivity index (χ1n) is 7.15. The lowest BCUT2D eigenvalue weighted by Crippen LogP contribution is -2.31. The van der Waals surface area contributed by atoms with E-state index < -0.39 is 4.92 Å². The third-order valence-electron chi connectivity index (χ3n) is 2.83. The molecule has 0 bridgehead atoms. The second-order valence-corrected chi connectivity index (χ2v) is 6.09. The van der Waals surface area contributed by atoms with Crippen molar-refractivity contribution in [2.24, 2.45) is 5.10 Å². The van der Waals surface area contributed by atoms with Crippen molar-refractivity contribution in [3.8, 4) is 0 Å². The van der Waals surface area contributed by atoms with Gasteiger partial charge in [0.05, 0.1) is 11.1 Å². The third-order valence-corrected chi connectivity index (χ3v) is 4.11. The number of nitrogens with one attached hydrogen (secondary N) is 2. The molecule has 0 aliphatic heterocycles. The van der Waals surface area contributed by atoms with Gasteiger partial charge >= 0.3 is 0 Å². The van der Waals surface area contributed by atoms with Crippen LogP contribution >= 0.6 is 24.0 Å². The number of nitrogens with zero attached hydrogens (tertiary/aromatic N) is 3. The monoisotopic (exact) mass is 373 g/mol. The highest BCUT2D eigenvalue weighted by molar-refractivity contribution is 7.99. The summed E-state index contributed by atoms with van der Waals surface area (Å²) in [6, 6.07) is 10.1. The van der Waals surface area contributed by atoms with Crippen LogP contribution in [-0.2, 0) is 0 Å². The Morgan fingerprint density at radius 3 is 2.96 bits per heavy atom. The Kier molecular flexibility index (Phi) is 7.05. The first-order valence-corrected chi connectivity index (χ1v) is 8.37. The molecule has 1 heterocycles. The SMILES string of the molecule is C=CCNC(=S)N/N=C\c1cc([N+](=O)[O-])ccc1Sc1ccccn1. The second kappa shape index (κ2) is 9.50. The van der Waals surface area contributed by atoms with Gasteiger partial charge in [-0.3, -0.25) is 15.5 Å². The van der Waals surface area contributed by atoms with Crippen LogP contribution in [0.1, 0.15) is 5.56 Å². The van der Waals surface area contributed by atoms with E-state index in [1.807, 2.05) is 18.2 Å². The van der Waals surface area contributed by atoms with Crippen molar-refractivity contribution < 1.29 is 4.92 Å². The molecule has 25 heavy (non-hydrogen) atoms. The number of pyridine rings is 1. The van der Waals surface area contributed by atoms with Gasteiger partial charge in [-0.15, -0.1) is 6.58 Å². The maximum Gasteiger partial charge on any atom is 0.270 e. The Balaban J connectivity index is 2.20. The van der Waals surface area contributed by atoms with Crippen molar-refractivity contribution in [3.05, 3.63) is 70.9 Å². The molecule has 128 valence electrons. The minimum absolute atomic E-state index is 0.0146. The quantitative estimate of drug-likeness (QED) is 0.253. The number of hydrazone groups is 1. The van der Waals surface area contributed by atoms with E-state index in [-0.39, 0.29) is 5.69 Å². The van der Waals surface area contributed by atoms with Crippen LogP contribution < -0.4 is 10.7 Å². The van der Waals surface area contributed by atoms with Crippen LogP contribution in [0.4, 0.5) is 5.69 Å². The summed E-state index contributed by atoms with van der Waals surface area (Å²) >= 11 is 6.43. The van der Waals surface area contributed by atoms with Gasteiger partial charge in [0.1, 0.15) is 5.03 Å². The molecule has 7 nitrogen and oxygen atoms in total. The van der Waals surface area contributed by atoms with E-state index in [9.17, 15) is 10.1 Å². The Hall–Kier alpha value is -2.78. The Bertz CT molecular complexity index is 796. The molecule has 0 fully saturated rings. The van der Waals surface area contributed by atoms with Crippen molar-refractivity contribution in [2.45, 2.75) is 9.92 Å². The normalized spacial score (nSPS) is 10.4. The van der Waals surface area contributed by atoms with Crippen LogP contribution in [0.2, 0.25) is 0 Å². The molecule has 0 saturated carbocycles. The second-order valence-electron chi connectivity index (χ2n) is 4.62. The molecular formula is C16H15N5O2S2. The molecular weight excluding hydrogens is 358 g/mol. The summed E-state index contributed by atoms with van der Waals surface area (Å²) in [5.74, 6) is 0. The van der Waals surface area contributed by atoms with E-state index in [2.05, 4.69) is 27.4 Å². The summed E-state index contributed by atoms with van der Waals surface area (Å²) in [7, 11) is 0. The van der Waals surface area contributed by atoms with Crippen LogP contribution in [0, 0.1) is 10.1 Å². The van der Waals surface area contributed by atoms with E-state index >= 15 is 0 Å². The topological polar surface area (TPSA) is 92.5 Å². The molecule has 0 aliphatic carbocycles. The van der Waals surface area contributed by atoms with Crippen LogP contribution in [0.5, 0.6) is 0 Å². The fourth-order valence-electron chi connectivity index (χ4n) is 1.73. The smallest absolute Gasteiger partial charge is 0.270 e. The summed E-state index contributed by atoms with van der Waals surface area (Å²) in [5.41, 5.74) is 3.23. The zero-order chi connectivity index (χ0) is 18.1. The third kappa shape index (κ3) is 5.98. The lowest BCUT2D eigenvalue weighted by atomic mass is 10.2. The fourth-order valence-corrected chi connectivity index (χ4v) is 2.72. The number of hydrogen-bond acceptors (Lipinski definition) is 6. The molecule has 0 spiro atoms. The number of nitro benzene ring substituents is 1. The number of benzene rings is 1. The molecule has 0 radical (unpaired) electrons. The summed E-state index contributed by atoms with van der Waals surface area (Å²) in [5, 5.41) is 19.0. The van der Waals surface area contributed by atoms with Gasteiger partial charge in [-0.05, 0) is 30.4 Å². The maximum atomic E-state index is 11.0. The van der Waals surface area contributed by atoms with Crippen LogP contribution in [0.15, 0.2) is 70.3 Å². The number of hydrogen-bond donors (Lipinski definition) is 2. The zero-order valence-corrected chi connectivity index (χ0v) is 14.7. The molecule has 0 atom stereocenters. The van der Waals surface area contributed by atoms with Gasteiger partial charge in [0.15, 0.2) is 5.11 Å². The average molecular weight is 373 g/mol. The van der Waals surface area contributed by atoms with E-state index in [4.69, 9.17) is 12.2 Å². The van der Waals surface area contributed by atoms with Gasteiger partial charge in [0, 0.05) is 35.3 Å². The predicted octanol–water partition coefficient (Wildman–Crippen LogP) is 3.13. The molecule has 1 aromatic carbocycles. The maximum absolute atomic E-state index is 11.0. The summed E-state index contributed by atoms with van der Waals surface area (Å²) < 4.78 is 0. The number of nitro groups is 1. The van der Waals surface area contributed by atoms with Crippen molar-refractivity contribution >= 4 is 41.0 Å². The molecule has 2 aromatic rings. The standard InChI is InChI=1S/C16H15N5O2S2/c1-2-8-18-16(24)20-19-11-12-10-13(21(22)23)6-7-14(12)25-15-5-3-4-9-17-15/h2-7,9-11H,1,8H2,(H2,18,20,24)/b19-11-. The molecule has 9 heteroatoms. The Labute approximate surface area is 154 Å². The first-order chi connectivity index (χ1) is 12.1. The Morgan fingerprint density at radius 1 is 1.44 bits per heavy atom. The molecule has 2 N–H and O–H groups in total. The summed E-state index contributed by atoms with van der Waals surface area (Å²) in [4.78, 5) is 15.6. The molecule has 0 amide bonds. The summed E-state index contributed by atoms with van der Waals surface area (Å²) in [6.07, 6.45) is 4.84. The molecule has 0 unspecified atom stereocenters. The van der Waals surface area contributed by atoms with Gasteiger partial charge in [0.25, 0.3) is 5.69 Å². The Morgan fingerprint density at radius 2 is 2.28 bits per heavy atom. The molecule has 0 saturated heterocycles. The van der Waals surface area contributed by atoms with E-state index in [1.165, 1.54) is 30.1 Å².